The van der Waals surface area contributed by atoms with Crippen molar-refractivity contribution in [3.8, 4) is 0 Å². The minimum Gasteiger partial charge on any atom is -0.267 e. The van der Waals surface area contributed by atoms with Crippen LogP contribution in [-0.2, 0) is 27.1 Å². The van der Waals surface area contributed by atoms with Gasteiger partial charge < -0.3 is 0 Å². The van der Waals surface area contributed by atoms with Crippen molar-refractivity contribution in [3.05, 3.63) is 102 Å². The molecular formula is C23H26O3S. The van der Waals surface area contributed by atoms with Crippen LogP contribution in [-0.4, -0.2) is 15.0 Å². The maximum Gasteiger partial charge on any atom is 0.296 e. The lowest BCUT2D eigenvalue weighted by molar-refractivity contribution is 0.338. The van der Waals surface area contributed by atoms with Crippen LogP contribution < -0.4 is 0 Å². The molecule has 0 unspecified atom stereocenters. The van der Waals surface area contributed by atoms with Crippen molar-refractivity contribution in [2.75, 3.05) is 6.61 Å². The molecule has 0 aliphatic rings. The van der Waals surface area contributed by atoms with E-state index in [0.29, 0.717) is 0 Å². The van der Waals surface area contributed by atoms with Gasteiger partial charge in [-0.15, -0.1) is 0 Å². The summed E-state index contributed by atoms with van der Waals surface area (Å²) >= 11 is 0. The predicted octanol–water partition coefficient (Wildman–Crippen LogP) is 5.19. The van der Waals surface area contributed by atoms with E-state index in [0.717, 1.165) is 18.4 Å². The quantitative estimate of drug-likeness (QED) is 0.551. The van der Waals surface area contributed by atoms with Crippen molar-refractivity contribution >= 4 is 10.1 Å². The van der Waals surface area contributed by atoms with E-state index in [2.05, 4.69) is 64.8 Å². The van der Waals surface area contributed by atoms with Gasteiger partial charge in [0.25, 0.3) is 10.1 Å². The summed E-state index contributed by atoms with van der Waals surface area (Å²) in [4.78, 5) is 0.208. The van der Waals surface area contributed by atoms with Crippen LogP contribution in [0.1, 0.15) is 23.6 Å². The molecule has 0 aromatic heterocycles. The molecule has 142 valence electrons. The summed E-state index contributed by atoms with van der Waals surface area (Å²) in [6.07, 6.45) is 2.26. The number of hydrogen-bond acceptors (Lipinski definition) is 3. The molecule has 0 N–H and O–H groups in total. The molecule has 3 aromatic carbocycles. The Kier molecular flexibility index (Phi) is 8.24. The largest absolute Gasteiger partial charge is 0.296 e. The normalized spacial score (nSPS) is 10.7. The zero-order chi connectivity index (χ0) is 19.5. The molecule has 0 radical (unpaired) electrons. The summed E-state index contributed by atoms with van der Waals surface area (Å²) in [5, 5.41) is 0. The van der Waals surface area contributed by atoms with Gasteiger partial charge in [-0.05, 0) is 49.9 Å². The molecule has 0 amide bonds. The molecule has 0 aliphatic heterocycles. The molecule has 27 heavy (non-hydrogen) atoms. The molecule has 0 saturated carbocycles. The molecule has 3 rings (SSSR count). The smallest absolute Gasteiger partial charge is 0.267 e. The second-order valence-electron chi connectivity index (χ2n) is 6.14. The Morgan fingerprint density at radius 1 is 0.704 bits per heavy atom. The van der Waals surface area contributed by atoms with Crippen molar-refractivity contribution in [2.24, 2.45) is 0 Å². The Bertz CT molecular complexity index is 848. The Morgan fingerprint density at radius 3 is 1.56 bits per heavy atom. The highest BCUT2D eigenvalue weighted by Gasteiger charge is 2.12. The third-order valence-electron chi connectivity index (χ3n) is 3.97. The van der Waals surface area contributed by atoms with Gasteiger partial charge >= 0.3 is 0 Å². The molecule has 3 aromatic rings. The van der Waals surface area contributed by atoms with Crippen LogP contribution >= 0.6 is 0 Å². The van der Waals surface area contributed by atoms with Gasteiger partial charge in [-0.1, -0.05) is 78.4 Å². The third kappa shape index (κ3) is 7.37. The molecule has 0 saturated heterocycles. The summed E-state index contributed by atoms with van der Waals surface area (Å²) in [7, 11) is -3.53. The SMILES string of the molecule is CCOS(=O)(=O)c1ccc(C)cc1.c1ccc(CCc2ccccc2)cc1. The van der Waals surface area contributed by atoms with Gasteiger partial charge in [-0.2, -0.15) is 8.42 Å². The van der Waals surface area contributed by atoms with Crippen molar-refractivity contribution in [2.45, 2.75) is 31.6 Å². The summed E-state index contributed by atoms with van der Waals surface area (Å²) < 4.78 is 27.3. The average molecular weight is 383 g/mol. The van der Waals surface area contributed by atoms with Crippen LogP contribution in [0.25, 0.3) is 0 Å². The highest BCUT2D eigenvalue weighted by atomic mass is 32.2. The number of benzene rings is 3. The van der Waals surface area contributed by atoms with Gasteiger partial charge in [-0.25, -0.2) is 0 Å². The predicted molar refractivity (Wildman–Crippen MR) is 110 cm³/mol. The van der Waals surface area contributed by atoms with Gasteiger partial charge in [-0.3, -0.25) is 4.18 Å². The molecule has 0 bridgehead atoms. The third-order valence-corrected chi connectivity index (χ3v) is 5.37. The summed E-state index contributed by atoms with van der Waals surface area (Å²) in [5.41, 5.74) is 3.85. The van der Waals surface area contributed by atoms with Crippen LogP contribution in [0.3, 0.4) is 0 Å². The van der Waals surface area contributed by atoms with Gasteiger partial charge in [0, 0.05) is 0 Å². The topological polar surface area (TPSA) is 43.4 Å². The van der Waals surface area contributed by atoms with E-state index >= 15 is 0 Å². The summed E-state index contributed by atoms with van der Waals surface area (Å²) in [6, 6.07) is 27.8. The molecule has 0 aliphatic carbocycles. The number of hydrogen-bond donors (Lipinski definition) is 0. The lowest BCUT2D eigenvalue weighted by Crippen LogP contribution is -2.05. The van der Waals surface area contributed by atoms with E-state index in [9.17, 15) is 8.42 Å². The molecule has 0 heterocycles. The molecule has 3 nitrogen and oxygen atoms in total. The van der Waals surface area contributed by atoms with Gasteiger partial charge in [0.2, 0.25) is 0 Å². The first-order chi connectivity index (χ1) is 13.0. The zero-order valence-electron chi connectivity index (χ0n) is 15.8. The Hall–Kier alpha value is -2.43. The summed E-state index contributed by atoms with van der Waals surface area (Å²) in [5.74, 6) is 0. The van der Waals surface area contributed by atoms with E-state index in [-0.39, 0.29) is 11.5 Å². The molecule has 4 heteroatoms. The fourth-order valence-electron chi connectivity index (χ4n) is 2.51. The maximum atomic E-state index is 11.3. The fourth-order valence-corrected chi connectivity index (χ4v) is 3.42. The molecule has 0 atom stereocenters. The lowest BCUT2D eigenvalue weighted by Gasteiger charge is -2.02. The van der Waals surface area contributed by atoms with Gasteiger partial charge in [0.1, 0.15) is 0 Å². The van der Waals surface area contributed by atoms with Crippen LogP contribution in [0.2, 0.25) is 0 Å². The molecule has 0 fully saturated rings. The van der Waals surface area contributed by atoms with Crippen LogP contribution in [0, 0.1) is 6.92 Å². The van der Waals surface area contributed by atoms with Crippen LogP contribution in [0.4, 0.5) is 0 Å². The van der Waals surface area contributed by atoms with E-state index in [1.54, 1.807) is 31.2 Å². The number of rotatable bonds is 6. The van der Waals surface area contributed by atoms with E-state index in [1.165, 1.54) is 11.1 Å². The average Bonchev–Trinajstić information content (AvgIpc) is 2.69. The van der Waals surface area contributed by atoms with E-state index in [4.69, 9.17) is 0 Å². The van der Waals surface area contributed by atoms with Crippen molar-refractivity contribution in [3.63, 3.8) is 0 Å². The van der Waals surface area contributed by atoms with E-state index in [1.807, 2.05) is 6.92 Å². The van der Waals surface area contributed by atoms with Crippen molar-refractivity contribution in [1.82, 2.24) is 0 Å². The van der Waals surface area contributed by atoms with Gasteiger partial charge in [0.05, 0.1) is 11.5 Å². The Balaban J connectivity index is 0.000000194. The number of aryl methyl sites for hydroxylation is 3. The first-order valence-electron chi connectivity index (χ1n) is 9.05. The Morgan fingerprint density at radius 2 is 1.15 bits per heavy atom. The monoisotopic (exact) mass is 382 g/mol. The first kappa shape index (κ1) is 20.9. The minimum absolute atomic E-state index is 0.163. The van der Waals surface area contributed by atoms with Crippen molar-refractivity contribution in [1.29, 1.82) is 0 Å². The molecular weight excluding hydrogens is 356 g/mol. The summed E-state index contributed by atoms with van der Waals surface area (Å²) in [6.45, 7) is 3.71. The maximum absolute atomic E-state index is 11.3. The first-order valence-corrected chi connectivity index (χ1v) is 10.5. The fraction of sp³-hybridized carbons (Fsp3) is 0.217. The van der Waals surface area contributed by atoms with Crippen molar-refractivity contribution < 1.29 is 12.6 Å². The molecule has 0 spiro atoms. The van der Waals surface area contributed by atoms with Gasteiger partial charge in [0.15, 0.2) is 0 Å². The highest BCUT2D eigenvalue weighted by Crippen LogP contribution is 2.12. The lowest BCUT2D eigenvalue weighted by atomic mass is 10.0. The second kappa shape index (κ2) is 10.7. The van der Waals surface area contributed by atoms with E-state index < -0.39 is 10.1 Å². The highest BCUT2D eigenvalue weighted by molar-refractivity contribution is 7.86. The Labute approximate surface area is 162 Å². The second-order valence-corrected chi connectivity index (χ2v) is 7.76. The minimum atomic E-state index is -3.53. The van der Waals surface area contributed by atoms with Crippen LogP contribution in [0.15, 0.2) is 89.8 Å². The standard InChI is InChI=1S/C14H14.C9H12O3S/c1-3-7-13(8-4-1)11-12-14-9-5-2-6-10-14;1-3-12-13(10,11)9-6-4-8(2)5-7-9/h1-10H,11-12H2;4-7H,3H2,1-2H3. The zero-order valence-corrected chi connectivity index (χ0v) is 16.7. The van der Waals surface area contributed by atoms with Crippen LogP contribution in [0.5, 0.6) is 0 Å².